The number of ether oxygens (including phenoxy) is 2. The van der Waals surface area contributed by atoms with Gasteiger partial charge >= 0.3 is 12.1 Å². The van der Waals surface area contributed by atoms with Crippen molar-refractivity contribution in [3.63, 3.8) is 0 Å². The highest BCUT2D eigenvalue weighted by Crippen LogP contribution is 2.37. The Labute approximate surface area is 201 Å². The van der Waals surface area contributed by atoms with Crippen molar-refractivity contribution in [2.45, 2.75) is 6.18 Å². The number of aromatic nitrogens is 2. The Bertz CT molecular complexity index is 1300. The van der Waals surface area contributed by atoms with Crippen LogP contribution < -0.4 is 20.5 Å². The van der Waals surface area contributed by atoms with Crippen molar-refractivity contribution in [3.05, 3.63) is 58.7 Å². The Balaban J connectivity index is 1.98. The maximum atomic E-state index is 12.9. The first-order valence-corrected chi connectivity index (χ1v) is 10.2. The number of carbonyl (C=O) groups excluding carboxylic acids is 2. The van der Waals surface area contributed by atoms with Gasteiger partial charge in [0.25, 0.3) is 5.91 Å². The van der Waals surface area contributed by atoms with E-state index in [1.165, 1.54) is 29.1 Å². The van der Waals surface area contributed by atoms with Gasteiger partial charge in [-0.3, -0.25) is 9.48 Å². The zero-order chi connectivity index (χ0) is 25.8. The Morgan fingerprint density at radius 3 is 2.57 bits per heavy atom. The van der Waals surface area contributed by atoms with E-state index in [0.717, 1.165) is 12.1 Å². The molecule has 13 heteroatoms. The number of nitrogens with two attached hydrogens (primary N) is 1. The van der Waals surface area contributed by atoms with Crippen LogP contribution in [0.3, 0.4) is 0 Å². The van der Waals surface area contributed by atoms with Gasteiger partial charge in [-0.1, -0.05) is 11.6 Å². The number of benzene rings is 2. The van der Waals surface area contributed by atoms with Gasteiger partial charge in [0, 0.05) is 24.8 Å². The summed E-state index contributed by atoms with van der Waals surface area (Å²) in [5.74, 6) is -3.74. The number of nitriles is 1. The minimum absolute atomic E-state index is 0.110. The lowest BCUT2D eigenvalue weighted by Gasteiger charge is -2.15. The molecule has 0 saturated carbocycles. The van der Waals surface area contributed by atoms with E-state index in [1.54, 1.807) is 19.2 Å². The number of halogens is 4. The molecular weight excluding hydrogens is 491 g/mol. The second kappa shape index (κ2) is 10.5. The number of nitrogens with zero attached hydrogens (tertiary/aromatic N) is 3. The van der Waals surface area contributed by atoms with E-state index >= 15 is 0 Å². The summed E-state index contributed by atoms with van der Waals surface area (Å²) in [7, 11) is 1.65. The smallest absolute Gasteiger partial charge is 0.491 e. The standard InChI is InChI=1S/C22H17ClF3N5O4/c1-31-19(16(23)11-29-31)15-9-13(3-5-17(15)34-7-6-27)30-20(32)14-4-2-12(10-28)8-18(14)35-21(33)22(24,25)26/h2-5,8-9,11H,6-7,27H2,1H3,(H,30,32). The molecular formula is C22H17ClF3N5O4. The number of carbonyl (C=O) groups is 2. The first-order chi connectivity index (χ1) is 16.5. The Kier molecular flexibility index (Phi) is 7.63. The van der Waals surface area contributed by atoms with Crippen LogP contribution in [0, 0.1) is 11.3 Å². The van der Waals surface area contributed by atoms with Gasteiger partial charge < -0.3 is 20.5 Å². The molecule has 0 unspecified atom stereocenters. The molecule has 0 saturated heterocycles. The molecule has 3 rings (SSSR count). The van der Waals surface area contributed by atoms with Gasteiger partial charge in [0.2, 0.25) is 0 Å². The number of anilines is 1. The van der Waals surface area contributed by atoms with Crippen LogP contribution in [0.2, 0.25) is 5.02 Å². The molecule has 0 radical (unpaired) electrons. The highest BCUT2D eigenvalue weighted by molar-refractivity contribution is 6.33. The van der Waals surface area contributed by atoms with Gasteiger partial charge in [0.1, 0.15) is 18.1 Å². The molecule has 0 fully saturated rings. The number of aryl methyl sites for hydroxylation is 1. The van der Waals surface area contributed by atoms with Crippen molar-refractivity contribution in [2.24, 2.45) is 12.8 Å². The summed E-state index contributed by atoms with van der Waals surface area (Å²) < 4.78 is 49.6. The lowest BCUT2D eigenvalue weighted by Crippen LogP contribution is -2.29. The van der Waals surface area contributed by atoms with E-state index in [0.29, 0.717) is 22.0 Å². The molecule has 0 aliphatic heterocycles. The van der Waals surface area contributed by atoms with Crippen LogP contribution in [0.25, 0.3) is 11.3 Å². The van der Waals surface area contributed by atoms with Crippen LogP contribution in [-0.2, 0) is 11.8 Å². The third-order valence-electron chi connectivity index (χ3n) is 4.55. The van der Waals surface area contributed by atoms with Crippen LogP contribution in [-0.4, -0.2) is 41.0 Å². The van der Waals surface area contributed by atoms with Crippen LogP contribution >= 0.6 is 11.6 Å². The minimum atomic E-state index is -5.30. The number of esters is 1. The molecule has 3 aromatic rings. The molecule has 0 atom stereocenters. The summed E-state index contributed by atoms with van der Waals surface area (Å²) in [6, 6.07) is 9.40. The first-order valence-electron chi connectivity index (χ1n) is 9.84. The molecule has 0 aliphatic rings. The molecule has 0 spiro atoms. The van der Waals surface area contributed by atoms with Gasteiger partial charge in [0.15, 0.2) is 0 Å². The zero-order valence-electron chi connectivity index (χ0n) is 18.0. The third kappa shape index (κ3) is 5.89. The number of amides is 1. The lowest BCUT2D eigenvalue weighted by atomic mass is 10.1. The summed E-state index contributed by atoms with van der Waals surface area (Å²) in [5, 5.41) is 15.9. The van der Waals surface area contributed by atoms with Crippen molar-refractivity contribution in [1.29, 1.82) is 5.26 Å². The summed E-state index contributed by atoms with van der Waals surface area (Å²) >= 11 is 6.26. The van der Waals surface area contributed by atoms with Crippen molar-refractivity contribution in [2.75, 3.05) is 18.5 Å². The zero-order valence-corrected chi connectivity index (χ0v) is 18.8. The van der Waals surface area contributed by atoms with E-state index in [-0.39, 0.29) is 24.4 Å². The molecule has 3 N–H and O–H groups in total. The topological polar surface area (TPSA) is 132 Å². The average Bonchev–Trinajstić information content (AvgIpc) is 3.14. The summed E-state index contributed by atoms with van der Waals surface area (Å²) in [6.07, 6.45) is -3.88. The Morgan fingerprint density at radius 1 is 1.23 bits per heavy atom. The molecule has 2 aromatic carbocycles. The van der Waals surface area contributed by atoms with E-state index < -0.39 is 29.4 Å². The van der Waals surface area contributed by atoms with Crippen LogP contribution in [0.1, 0.15) is 15.9 Å². The molecule has 182 valence electrons. The fraction of sp³-hybridized carbons (Fsp3) is 0.182. The molecule has 35 heavy (non-hydrogen) atoms. The predicted molar refractivity (Wildman–Crippen MR) is 119 cm³/mol. The average molecular weight is 508 g/mol. The van der Waals surface area contributed by atoms with E-state index in [4.69, 9.17) is 27.3 Å². The monoisotopic (exact) mass is 507 g/mol. The molecule has 1 heterocycles. The highest BCUT2D eigenvalue weighted by atomic mass is 35.5. The van der Waals surface area contributed by atoms with Gasteiger partial charge in [-0.25, -0.2) is 4.79 Å². The first kappa shape index (κ1) is 25.5. The van der Waals surface area contributed by atoms with Crippen LogP contribution in [0.5, 0.6) is 11.5 Å². The molecule has 1 aromatic heterocycles. The normalized spacial score (nSPS) is 11.0. The molecule has 9 nitrogen and oxygen atoms in total. The number of hydrogen-bond acceptors (Lipinski definition) is 7. The van der Waals surface area contributed by atoms with Crippen molar-refractivity contribution < 1.29 is 32.2 Å². The SMILES string of the molecule is Cn1ncc(Cl)c1-c1cc(NC(=O)c2ccc(C#N)cc2OC(=O)C(F)(F)F)ccc1OCCN. The lowest BCUT2D eigenvalue weighted by molar-refractivity contribution is -0.189. The number of hydrogen-bond donors (Lipinski definition) is 2. The Morgan fingerprint density at radius 2 is 1.97 bits per heavy atom. The fourth-order valence-electron chi connectivity index (χ4n) is 3.02. The van der Waals surface area contributed by atoms with E-state index in [2.05, 4.69) is 15.2 Å². The second-order valence-electron chi connectivity index (χ2n) is 6.98. The maximum Gasteiger partial charge on any atom is 0.491 e. The van der Waals surface area contributed by atoms with Crippen LogP contribution in [0.15, 0.2) is 42.6 Å². The van der Waals surface area contributed by atoms with E-state index in [9.17, 15) is 22.8 Å². The maximum absolute atomic E-state index is 12.9. The van der Waals surface area contributed by atoms with Crippen molar-refractivity contribution in [1.82, 2.24) is 9.78 Å². The summed E-state index contributed by atoms with van der Waals surface area (Å²) in [4.78, 5) is 24.2. The molecule has 0 aliphatic carbocycles. The Hall–Kier alpha value is -4.08. The van der Waals surface area contributed by atoms with Gasteiger partial charge in [-0.05, 0) is 36.4 Å². The number of nitrogens with one attached hydrogen (secondary N) is 1. The minimum Gasteiger partial charge on any atom is -0.492 e. The van der Waals surface area contributed by atoms with Crippen molar-refractivity contribution in [3.8, 4) is 28.8 Å². The molecule has 0 bridgehead atoms. The largest absolute Gasteiger partial charge is 0.492 e. The summed E-state index contributed by atoms with van der Waals surface area (Å²) in [5.41, 5.74) is 6.17. The predicted octanol–water partition coefficient (Wildman–Crippen LogP) is 3.67. The van der Waals surface area contributed by atoms with Gasteiger partial charge in [-0.15, -0.1) is 0 Å². The number of rotatable bonds is 7. The number of alkyl halides is 3. The van der Waals surface area contributed by atoms with Gasteiger partial charge in [-0.2, -0.15) is 23.5 Å². The highest BCUT2D eigenvalue weighted by Gasteiger charge is 2.42. The fourth-order valence-corrected chi connectivity index (χ4v) is 3.29. The third-order valence-corrected chi connectivity index (χ3v) is 4.83. The van der Waals surface area contributed by atoms with Crippen LogP contribution in [0.4, 0.5) is 18.9 Å². The molecule has 1 amide bonds. The van der Waals surface area contributed by atoms with E-state index in [1.807, 2.05) is 0 Å². The van der Waals surface area contributed by atoms with Crippen molar-refractivity contribution >= 4 is 29.2 Å². The quantitative estimate of drug-likeness (QED) is 0.368. The second-order valence-corrected chi connectivity index (χ2v) is 7.38. The van der Waals surface area contributed by atoms with Gasteiger partial charge in [0.05, 0.1) is 34.1 Å². The summed E-state index contributed by atoms with van der Waals surface area (Å²) in [6.45, 7) is 0.447.